The van der Waals surface area contributed by atoms with E-state index in [-0.39, 0.29) is 17.2 Å². The zero-order valence-corrected chi connectivity index (χ0v) is 25.0. The largest absolute Gasteiger partial charge is 0.492 e. The van der Waals surface area contributed by atoms with E-state index in [4.69, 9.17) is 4.74 Å². The molecule has 4 aromatic rings. The number of amides is 2. The fourth-order valence-corrected chi connectivity index (χ4v) is 7.03. The zero-order chi connectivity index (χ0) is 29.7. The number of benzene rings is 2. The van der Waals surface area contributed by atoms with E-state index in [0.29, 0.717) is 19.4 Å². The molecule has 0 saturated carbocycles. The summed E-state index contributed by atoms with van der Waals surface area (Å²) < 4.78 is 5.54. The van der Waals surface area contributed by atoms with Gasteiger partial charge >= 0.3 is 0 Å². The first kappa shape index (κ1) is 27.3. The van der Waals surface area contributed by atoms with E-state index in [1.807, 2.05) is 41.2 Å². The van der Waals surface area contributed by atoms with Gasteiger partial charge in [-0.1, -0.05) is 19.9 Å². The smallest absolute Gasteiger partial charge is 0.227 e. The third-order valence-electron chi connectivity index (χ3n) is 9.09. The van der Waals surface area contributed by atoms with E-state index in [2.05, 4.69) is 54.1 Å². The summed E-state index contributed by atoms with van der Waals surface area (Å²) in [6.07, 6.45) is 11.3. The van der Waals surface area contributed by atoms with Gasteiger partial charge in [-0.05, 0) is 96.0 Å². The predicted octanol–water partition coefficient (Wildman–Crippen LogP) is 6.30. The lowest BCUT2D eigenvalue weighted by atomic mass is 9.76. The Morgan fingerprint density at radius 2 is 1.42 bits per heavy atom. The lowest BCUT2D eigenvalue weighted by Gasteiger charge is -2.37. The summed E-state index contributed by atoms with van der Waals surface area (Å²) in [6.45, 7) is 8.59. The number of nitrogens with zero attached hydrogens (tertiary/aromatic N) is 4. The molecule has 4 aliphatic heterocycles. The minimum atomic E-state index is -0.0970. The molecule has 0 atom stereocenters. The number of aromatic nitrogens is 2. The van der Waals surface area contributed by atoms with Crippen molar-refractivity contribution < 1.29 is 14.3 Å². The SMILES string of the molecule is CC1(C)CC(=O)N2CCc3cc(-c4cccnc4)cc1c32.CCOc1cncc(-c2cc3c4c(c2)CCN4C(=O)CC3)c1. The van der Waals surface area contributed by atoms with Gasteiger partial charge in [0.1, 0.15) is 5.75 Å². The minimum absolute atomic E-state index is 0.0970. The van der Waals surface area contributed by atoms with Crippen molar-refractivity contribution in [2.75, 3.05) is 29.5 Å². The van der Waals surface area contributed by atoms with E-state index in [9.17, 15) is 9.59 Å². The molecule has 0 N–H and O–H groups in total. The number of anilines is 2. The van der Waals surface area contributed by atoms with Crippen molar-refractivity contribution in [2.24, 2.45) is 0 Å². The monoisotopic (exact) mass is 572 g/mol. The highest BCUT2D eigenvalue weighted by molar-refractivity contribution is 6.01. The molecule has 43 heavy (non-hydrogen) atoms. The summed E-state index contributed by atoms with van der Waals surface area (Å²) in [4.78, 5) is 36.7. The first-order valence-corrected chi connectivity index (χ1v) is 15.2. The Morgan fingerprint density at radius 1 is 0.744 bits per heavy atom. The van der Waals surface area contributed by atoms with Crippen molar-refractivity contribution in [3.8, 4) is 28.0 Å². The van der Waals surface area contributed by atoms with E-state index in [1.165, 1.54) is 39.1 Å². The van der Waals surface area contributed by atoms with Gasteiger partial charge in [0.05, 0.1) is 24.2 Å². The third-order valence-corrected chi connectivity index (χ3v) is 9.09. The molecule has 0 bridgehead atoms. The van der Waals surface area contributed by atoms with Crippen molar-refractivity contribution in [2.45, 2.75) is 58.3 Å². The van der Waals surface area contributed by atoms with Gasteiger partial charge in [-0.25, -0.2) is 0 Å². The lowest BCUT2D eigenvalue weighted by Crippen LogP contribution is -2.40. The zero-order valence-electron chi connectivity index (χ0n) is 25.0. The third kappa shape index (κ3) is 4.86. The molecule has 4 aliphatic rings. The molecule has 0 spiro atoms. The van der Waals surface area contributed by atoms with Gasteiger partial charge in [0.15, 0.2) is 0 Å². The molecule has 0 fully saturated rings. The van der Waals surface area contributed by atoms with E-state index in [1.54, 1.807) is 12.4 Å². The van der Waals surface area contributed by atoms with E-state index in [0.717, 1.165) is 54.9 Å². The molecule has 7 heteroatoms. The van der Waals surface area contributed by atoms with Crippen LogP contribution >= 0.6 is 0 Å². The maximum absolute atomic E-state index is 12.3. The fraction of sp³-hybridized carbons (Fsp3) is 0.333. The van der Waals surface area contributed by atoms with E-state index < -0.39 is 0 Å². The molecule has 2 aromatic heterocycles. The maximum Gasteiger partial charge on any atom is 0.227 e. The first-order chi connectivity index (χ1) is 20.8. The van der Waals surface area contributed by atoms with Crippen LogP contribution in [0.2, 0.25) is 0 Å². The molecule has 0 unspecified atom stereocenters. The molecule has 218 valence electrons. The van der Waals surface area contributed by atoms with Crippen LogP contribution in [0.25, 0.3) is 22.3 Å². The number of carbonyl (C=O) groups is 2. The number of hydrogen-bond acceptors (Lipinski definition) is 5. The molecule has 2 amide bonds. The van der Waals surface area contributed by atoms with Crippen LogP contribution in [-0.2, 0) is 34.3 Å². The van der Waals surface area contributed by atoms with Gasteiger partial charge in [-0.15, -0.1) is 0 Å². The Balaban J connectivity index is 0.000000140. The van der Waals surface area contributed by atoms with Crippen molar-refractivity contribution in [3.63, 3.8) is 0 Å². The maximum atomic E-state index is 12.3. The highest BCUT2D eigenvalue weighted by Crippen LogP contribution is 2.47. The quantitative estimate of drug-likeness (QED) is 0.287. The number of hydrogen-bond donors (Lipinski definition) is 0. The van der Waals surface area contributed by atoms with Crippen LogP contribution < -0.4 is 14.5 Å². The Morgan fingerprint density at radius 3 is 2.14 bits per heavy atom. The number of pyridine rings is 2. The Hall–Kier alpha value is -4.52. The van der Waals surface area contributed by atoms with Crippen molar-refractivity contribution in [1.29, 1.82) is 0 Å². The topological polar surface area (TPSA) is 75.6 Å². The normalized spacial score (nSPS) is 17.3. The predicted molar refractivity (Wildman–Crippen MR) is 169 cm³/mol. The summed E-state index contributed by atoms with van der Waals surface area (Å²) >= 11 is 0. The minimum Gasteiger partial charge on any atom is -0.492 e. The average Bonchev–Trinajstić information content (AvgIpc) is 3.65. The second-order valence-electron chi connectivity index (χ2n) is 12.4. The molecule has 0 radical (unpaired) electrons. The molecule has 6 heterocycles. The number of rotatable bonds is 4. The van der Waals surface area contributed by atoms with E-state index >= 15 is 0 Å². The molecule has 8 rings (SSSR count). The fourth-order valence-electron chi connectivity index (χ4n) is 7.03. The van der Waals surface area contributed by atoms with Crippen LogP contribution in [0.3, 0.4) is 0 Å². The number of ether oxygens (including phenoxy) is 1. The summed E-state index contributed by atoms with van der Waals surface area (Å²) in [7, 11) is 0. The first-order valence-electron chi connectivity index (χ1n) is 15.2. The lowest BCUT2D eigenvalue weighted by molar-refractivity contribution is -0.120. The summed E-state index contributed by atoms with van der Waals surface area (Å²) in [5, 5.41) is 0. The Labute approximate surface area is 252 Å². The summed E-state index contributed by atoms with van der Waals surface area (Å²) in [6, 6.07) is 15.0. The molecule has 0 aliphatic carbocycles. The van der Waals surface area contributed by atoms with Gasteiger partial charge in [-0.2, -0.15) is 0 Å². The van der Waals surface area contributed by atoms with Crippen molar-refractivity contribution in [3.05, 3.63) is 89.5 Å². The Kier molecular flexibility index (Phi) is 6.76. The second kappa shape index (κ2) is 10.6. The number of carbonyl (C=O) groups excluding carboxylic acids is 2. The van der Waals surface area contributed by atoms with Crippen LogP contribution in [0, 0.1) is 0 Å². The van der Waals surface area contributed by atoms with Crippen LogP contribution in [0.5, 0.6) is 5.75 Å². The van der Waals surface area contributed by atoms with Gasteiger partial charge in [-0.3, -0.25) is 19.6 Å². The second-order valence-corrected chi connectivity index (χ2v) is 12.4. The van der Waals surface area contributed by atoms with Gasteiger partial charge in [0.2, 0.25) is 11.8 Å². The van der Waals surface area contributed by atoms with Gasteiger partial charge < -0.3 is 14.5 Å². The summed E-state index contributed by atoms with van der Waals surface area (Å²) in [5.74, 6) is 1.32. The average molecular weight is 573 g/mol. The van der Waals surface area contributed by atoms with Crippen molar-refractivity contribution >= 4 is 23.2 Å². The van der Waals surface area contributed by atoms with Crippen molar-refractivity contribution in [1.82, 2.24) is 9.97 Å². The van der Waals surface area contributed by atoms with Crippen LogP contribution in [0.1, 0.15) is 55.9 Å². The highest BCUT2D eigenvalue weighted by Gasteiger charge is 2.40. The standard InChI is InChI=1S/C18H18N2O2.C18H18N2O/c1-2-22-16-9-15(10-19-11-16)14-7-12-3-4-17(21)20-6-5-13(8-14)18(12)20;1-18(2)10-16(21)20-7-5-12-8-14(9-15(18)17(12)20)13-4-3-6-19-11-13/h7-11H,2-6H2,1H3;3-4,6,8-9,11H,5,7,10H2,1-2H3. The van der Waals surface area contributed by atoms with Gasteiger partial charge in [0, 0.05) is 61.1 Å². The Bertz CT molecular complexity index is 1750. The van der Waals surface area contributed by atoms with Crippen LogP contribution in [0.4, 0.5) is 11.4 Å². The molecule has 2 aromatic carbocycles. The number of aryl methyl sites for hydroxylation is 1. The van der Waals surface area contributed by atoms with Gasteiger partial charge in [0.25, 0.3) is 0 Å². The highest BCUT2D eigenvalue weighted by atomic mass is 16.5. The molecule has 0 saturated heterocycles. The summed E-state index contributed by atoms with van der Waals surface area (Å²) in [5.41, 5.74) is 12.0. The molecular formula is C36H36N4O3. The van der Waals surface area contributed by atoms with Crippen LogP contribution in [0.15, 0.2) is 67.3 Å². The van der Waals surface area contributed by atoms with Crippen LogP contribution in [-0.4, -0.2) is 41.5 Å². The molecule has 7 nitrogen and oxygen atoms in total. The molecular weight excluding hydrogens is 536 g/mol.